The van der Waals surface area contributed by atoms with Gasteiger partial charge in [0.05, 0.1) is 0 Å². The van der Waals surface area contributed by atoms with Crippen LogP contribution in [0, 0.1) is 0 Å². The van der Waals surface area contributed by atoms with Crippen molar-refractivity contribution in [3.8, 4) is 0 Å². The minimum absolute atomic E-state index is 0.205. The van der Waals surface area contributed by atoms with Gasteiger partial charge in [-0.1, -0.05) is 31.5 Å². The molecule has 1 heterocycles. The van der Waals surface area contributed by atoms with Gasteiger partial charge in [-0.05, 0) is 42.4 Å². The molecule has 1 saturated heterocycles. The van der Waals surface area contributed by atoms with Crippen molar-refractivity contribution < 1.29 is 9.59 Å². The molecular formula is C15H18N2O2. The van der Waals surface area contributed by atoms with E-state index in [-0.39, 0.29) is 11.9 Å². The molecule has 1 aliphatic carbocycles. The van der Waals surface area contributed by atoms with E-state index < -0.39 is 5.54 Å². The lowest BCUT2D eigenvalue weighted by molar-refractivity contribution is -0.124. The lowest BCUT2D eigenvalue weighted by Crippen LogP contribution is -2.41. The number of hydrogen-bond acceptors (Lipinski definition) is 2. The molecule has 4 nitrogen and oxygen atoms in total. The van der Waals surface area contributed by atoms with Crippen LogP contribution in [0.25, 0.3) is 0 Å². The first kappa shape index (κ1) is 12.2. The van der Waals surface area contributed by atoms with Crippen LogP contribution in [0.15, 0.2) is 18.2 Å². The van der Waals surface area contributed by atoms with E-state index in [1.165, 1.54) is 11.1 Å². The van der Waals surface area contributed by atoms with Gasteiger partial charge in [-0.15, -0.1) is 0 Å². The summed E-state index contributed by atoms with van der Waals surface area (Å²) in [5.74, 6) is -0.205. The van der Waals surface area contributed by atoms with Gasteiger partial charge in [-0.2, -0.15) is 0 Å². The number of carbonyl (C=O) groups is 2. The third kappa shape index (κ3) is 1.82. The van der Waals surface area contributed by atoms with E-state index in [1.807, 2.05) is 0 Å². The highest BCUT2D eigenvalue weighted by atomic mass is 16.2. The molecule has 0 radical (unpaired) electrons. The summed E-state index contributed by atoms with van der Waals surface area (Å²) < 4.78 is 0. The maximum absolute atomic E-state index is 12.1. The van der Waals surface area contributed by atoms with Crippen molar-refractivity contribution in [2.75, 3.05) is 0 Å². The highest BCUT2D eigenvalue weighted by molar-refractivity contribution is 6.08. The first-order chi connectivity index (χ1) is 9.15. The van der Waals surface area contributed by atoms with E-state index in [9.17, 15) is 9.59 Å². The third-order valence-corrected chi connectivity index (χ3v) is 4.16. The molecule has 3 amide bonds. The second-order valence-electron chi connectivity index (χ2n) is 5.41. The molecule has 1 unspecified atom stereocenters. The number of carbonyl (C=O) groups excluding carboxylic acids is 2. The minimum Gasteiger partial charge on any atom is -0.319 e. The van der Waals surface area contributed by atoms with Crippen LogP contribution >= 0.6 is 0 Å². The van der Waals surface area contributed by atoms with Crippen LogP contribution in [-0.4, -0.2) is 11.9 Å². The smallest absolute Gasteiger partial charge is 0.319 e. The molecule has 1 aliphatic heterocycles. The van der Waals surface area contributed by atoms with Gasteiger partial charge < -0.3 is 5.32 Å². The van der Waals surface area contributed by atoms with Crippen LogP contribution in [0.1, 0.15) is 42.9 Å². The molecule has 1 aromatic carbocycles. The first-order valence-electron chi connectivity index (χ1n) is 6.91. The molecule has 0 bridgehead atoms. The van der Waals surface area contributed by atoms with Crippen LogP contribution in [0.2, 0.25) is 0 Å². The van der Waals surface area contributed by atoms with Gasteiger partial charge >= 0.3 is 6.03 Å². The van der Waals surface area contributed by atoms with E-state index >= 15 is 0 Å². The number of imide groups is 1. The quantitative estimate of drug-likeness (QED) is 0.815. The summed E-state index contributed by atoms with van der Waals surface area (Å²) in [4.78, 5) is 23.5. The largest absolute Gasteiger partial charge is 0.322 e. The van der Waals surface area contributed by atoms with Crippen molar-refractivity contribution in [3.05, 3.63) is 34.9 Å². The normalized spacial score (nSPS) is 24.5. The number of amides is 3. The minimum atomic E-state index is -0.811. The van der Waals surface area contributed by atoms with E-state index in [4.69, 9.17) is 0 Å². The van der Waals surface area contributed by atoms with Crippen molar-refractivity contribution in [1.82, 2.24) is 10.6 Å². The highest BCUT2D eigenvalue weighted by Gasteiger charge is 2.51. The summed E-state index contributed by atoms with van der Waals surface area (Å²) in [6.45, 7) is 2.17. The Morgan fingerprint density at radius 3 is 2.84 bits per heavy atom. The summed E-state index contributed by atoms with van der Waals surface area (Å²) in [5.41, 5.74) is 2.60. The number of hydrogen-bond donors (Lipinski definition) is 2. The van der Waals surface area contributed by atoms with E-state index in [0.717, 1.165) is 31.2 Å². The number of fused-ring (bicyclic) bond motifs is 2. The number of unbranched alkanes of at least 4 members (excludes halogenated alkanes) is 1. The Kier molecular flexibility index (Phi) is 2.81. The van der Waals surface area contributed by atoms with Crippen molar-refractivity contribution >= 4 is 11.9 Å². The SMILES string of the molecule is CCCCc1ccc2c(c1)C1(CC2)NC(=O)NC1=O. The Morgan fingerprint density at radius 1 is 1.32 bits per heavy atom. The Hall–Kier alpha value is -1.84. The van der Waals surface area contributed by atoms with Gasteiger partial charge in [0, 0.05) is 0 Å². The zero-order chi connectivity index (χ0) is 13.5. The van der Waals surface area contributed by atoms with Crippen LogP contribution in [0.3, 0.4) is 0 Å². The molecule has 100 valence electrons. The molecule has 1 aromatic rings. The lowest BCUT2D eigenvalue weighted by Gasteiger charge is -2.21. The lowest BCUT2D eigenvalue weighted by atomic mass is 9.90. The van der Waals surface area contributed by atoms with Gasteiger partial charge in [0.15, 0.2) is 0 Å². The molecule has 1 fully saturated rings. The zero-order valence-electron chi connectivity index (χ0n) is 11.1. The van der Waals surface area contributed by atoms with Gasteiger partial charge in [0.25, 0.3) is 5.91 Å². The molecule has 19 heavy (non-hydrogen) atoms. The zero-order valence-corrected chi connectivity index (χ0v) is 11.1. The number of rotatable bonds is 3. The van der Waals surface area contributed by atoms with Crippen LogP contribution in [-0.2, 0) is 23.2 Å². The second-order valence-corrected chi connectivity index (χ2v) is 5.41. The predicted molar refractivity (Wildman–Crippen MR) is 71.7 cm³/mol. The average Bonchev–Trinajstić information content (AvgIpc) is 2.89. The van der Waals surface area contributed by atoms with E-state index in [1.54, 1.807) is 0 Å². The number of benzene rings is 1. The molecule has 3 rings (SSSR count). The number of nitrogens with one attached hydrogen (secondary N) is 2. The topological polar surface area (TPSA) is 58.2 Å². The van der Waals surface area contributed by atoms with Gasteiger partial charge in [-0.25, -0.2) is 4.79 Å². The maximum Gasteiger partial charge on any atom is 0.322 e. The van der Waals surface area contributed by atoms with Crippen molar-refractivity contribution in [3.63, 3.8) is 0 Å². The fraction of sp³-hybridized carbons (Fsp3) is 0.467. The molecule has 1 spiro atoms. The highest BCUT2D eigenvalue weighted by Crippen LogP contribution is 2.39. The summed E-state index contributed by atoms with van der Waals surface area (Å²) in [6, 6.07) is 5.97. The summed E-state index contributed by atoms with van der Waals surface area (Å²) in [5, 5.41) is 5.18. The van der Waals surface area contributed by atoms with Gasteiger partial charge in [0.2, 0.25) is 0 Å². The first-order valence-corrected chi connectivity index (χ1v) is 6.91. The fourth-order valence-corrected chi connectivity index (χ4v) is 3.09. The van der Waals surface area contributed by atoms with Crippen LogP contribution < -0.4 is 10.6 Å². The van der Waals surface area contributed by atoms with E-state index in [0.29, 0.717) is 6.42 Å². The Balaban J connectivity index is 1.99. The standard InChI is InChI=1S/C15H18N2O2/c1-2-3-4-10-5-6-11-7-8-15(12(11)9-10)13(18)16-14(19)17-15/h5-6,9H,2-4,7-8H2,1H3,(H2,16,17,18,19). The molecule has 0 aromatic heterocycles. The fourth-order valence-electron chi connectivity index (χ4n) is 3.09. The molecule has 0 saturated carbocycles. The Bertz CT molecular complexity index is 553. The molecule has 2 N–H and O–H groups in total. The average molecular weight is 258 g/mol. The molecule has 1 atom stereocenters. The predicted octanol–water partition coefficient (Wildman–Crippen LogP) is 2.01. The molecular weight excluding hydrogens is 240 g/mol. The second kappa shape index (κ2) is 4.37. The van der Waals surface area contributed by atoms with Crippen molar-refractivity contribution in [1.29, 1.82) is 0 Å². The van der Waals surface area contributed by atoms with Gasteiger partial charge in [0.1, 0.15) is 5.54 Å². The van der Waals surface area contributed by atoms with Gasteiger partial charge in [-0.3, -0.25) is 10.1 Å². The maximum atomic E-state index is 12.1. The monoisotopic (exact) mass is 258 g/mol. The number of urea groups is 1. The van der Waals surface area contributed by atoms with Crippen molar-refractivity contribution in [2.24, 2.45) is 0 Å². The van der Waals surface area contributed by atoms with Crippen LogP contribution in [0.4, 0.5) is 4.79 Å². The summed E-state index contributed by atoms with van der Waals surface area (Å²) in [7, 11) is 0. The Labute approximate surface area is 112 Å². The van der Waals surface area contributed by atoms with Crippen LogP contribution in [0.5, 0.6) is 0 Å². The third-order valence-electron chi connectivity index (χ3n) is 4.16. The molecule has 4 heteroatoms. The molecule has 2 aliphatic rings. The summed E-state index contributed by atoms with van der Waals surface area (Å²) in [6.07, 6.45) is 4.83. The Morgan fingerprint density at radius 2 is 2.16 bits per heavy atom. The summed E-state index contributed by atoms with van der Waals surface area (Å²) >= 11 is 0. The van der Waals surface area contributed by atoms with E-state index in [2.05, 4.69) is 35.8 Å². The van der Waals surface area contributed by atoms with Crippen molar-refractivity contribution in [2.45, 2.75) is 44.6 Å². The number of aryl methyl sites for hydroxylation is 2.